The molecule has 0 radical (unpaired) electrons. The summed E-state index contributed by atoms with van der Waals surface area (Å²) in [4.78, 5) is 24.8. The molecule has 4 rings (SSSR count). The van der Waals surface area contributed by atoms with E-state index in [-0.39, 0.29) is 12.3 Å². The van der Waals surface area contributed by atoms with Crippen LogP contribution in [0.5, 0.6) is 0 Å². The molecule has 6 nitrogen and oxygen atoms in total. The highest BCUT2D eigenvalue weighted by atomic mass is 19.1. The Morgan fingerprint density at radius 3 is 2.92 bits per heavy atom. The minimum absolute atomic E-state index is 0.279. The van der Waals surface area contributed by atoms with Crippen molar-refractivity contribution in [1.82, 2.24) is 15.0 Å². The average molecular weight is 351 g/mol. The highest BCUT2D eigenvalue weighted by Gasteiger charge is 2.43. The topological polar surface area (TPSA) is 93.8 Å². The molecular weight excluding hydrogens is 333 g/mol. The van der Waals surface area contributed by atoms with Crippen molar-refractivity contribution in [3.05, 3.63) is 42.4 Å². The Kier molecular flexibility index (Phi) is 3.99. The van der Waals surface area contributed by atoms with Crippen LogP contribution in [0.1, 0.15) is 18.9 Å². The van der Waals surface area contributed by atoms with Crippen LogP contribution in [0.4, 0.5) is 16.0 Å². The first-order valence-corrected chi connectivity index (χ1v) is 8.51. The number of amides is 1. The van der Waals surface area contributed by atoms with Crippen LogP contribution >= 0.6 is 0 Å². The average Bonchev–Trinajstić information content (AvgIpc) is 3.38. The predicted octanol–water partition coefficient (Wildman–Crippen LogP) is 3.13. The summed E-state index contributed by atoms with van der Waals surface area (Å²) in [5, 5.41) is 4.16. The number of carbonyl (C=O) groups excluding carboxylic acids is 1. The van der Waals surface area contributed by atoms with Crippen molar-refractivity contribution in [1.29, 1.82) is 0 Å². The Bertz CT molecular complexity index is 1010. The van der Waals surface area contributed by atoms with E-state index in [0.717, 1.165) is 28.6 Å². The summed E-state index contributed by atoms with van der Waals surface area (Å²) in [6, 6.07) is 5.58. The highest BCUT2D eigenvalue weighted by molar-refractivity contribution is 5.98. The summed E-state index contributed by atoms with van der Waals surface area (Å²) < 4.78 is 13.0. The van der Waals surface area contributed by atoms with E-state index in [1.807, 2.05) is 12.1 Å². The minimum Gasteiger partial charge on any atom is -0.383 e. The van der Waals surface area contributed by atoms with Gasteiger partial charge >= 0.3 is 0 Å². The Balaban J connectivity index is 1.73. The van der Waals surface area contributed by atoms with E-state index in [0.29, 0.717) is 17.0 Å². The van der Waals surface area contributed by atoms with Crippen LogP contribution in [0.3, 0.4) is 0 Å². The maximum Gasteiger partial charge on any atom is 0.231 e. The van der Waals surface area contributed by atoms with Crippen LogP contribution in [0.2, 0.25) is 0 Å². The van der Waals surface area contributed by atoms with Crippen molar-refractivity contribution in [2.45, 2.75) is 25.9 Å². The van der Waals surface area contributed by atoms with Gasteiger partial charge in [-0.2, -0.15) is 0 Å². The number of fused-ring (bicyclic) bond motifs is 1. The van der Waals surface area contributed by atoms with E-state index in [1.165, 1.54) is 0 Å². The largest absolute Gasteiger partial charge is 0.383 e. The molecule has 3 heterocycles. The van der Waals surface area contributed by atoms with Gasteiger partial charge in [0.1, 0.15) is 17.8 Å². The smallest absolute Gasteiger partial charge is 0.231 e. The SMILES string of the molecule is CCc1ccncc1-c1cc2cc(NC(=O)[C@@H]3C[C@@H]3F)ncc2c(N)n1. The van der Waals surface area contributed by atoms with Gasteiger partial charge < -0.3 is 11.1 Å². The molecule has 1 saturated carbocycles. The van der Waals surface area contributed by atoms with Crippen LogP contribution in [0.15, 0.2) is 36.8 Å². The molecule has 26 heavy (non-hydrogen) atoms. The fourth-order valence-electron chi connectivity index (χ4n) is 3.00. The number of nitrogens with zero attached hydrogens (tertiary/aromatic N) is 3. The lowest BCUT2D eigenvalue weighted by atomic mass is 10.0. The third-order valence-corrected chi connectivity index (χ3v) is 4.61. The van der Waals surface area contributed by atoms with Crippen LogP contribution < -0.4 is 11.1 Å². The van der Waals surface area contributed by atoms with Gasteiger partial charge in [-0.15, -0.1) is 0 Å². The number of nitrogens with two attached hydrogens (primary N) is 1. The third kappa shape index (κ3) is 2.96. The molecule has 2 atom stereocenters. The molecular formula is C19H18FN5O. The number of halogens is 1. The van der Waals surface area contributed by atoms with Gasteiger partial charge in [0.15, 0.2) is 0 Å². The number of rotatable bonds is 4. The van der Waals surface area contributed by atoms with Gasteiger partial charge in [-0.3, -0.25) is 9.78 Å². The zero-order valence-electron chi connectivity index (χ0n) is 14.2. The van der Waals surface area contributed by atoms with Crippen molar-refractivity contribution >= 4 is 28.3 Å². The molecule has 132 valence electrons. The van der Waals surface area contributed by atoms with E-state index in [2.05, 4.69) is 27.2 Å². The Morgan fingerprint density at radius 2 is 2.19 bits per heavy atom. The number of carbonyl (C=O) groups is 1. The quantitative estimate of drug-likeness (QED) is 0.753. The number of anilines is 2. The van der Waals surface area contributed by atoms with Gasteiger partial charge in [-0.1, -0.05) is 6.92 Å². The van der Waals surface area contributed by atoms with E-state index >= 15 is 0 Å². The van der Waals surface area contributed by atoms with Gasteiger partial charge in [-0.05, 0) is 42.0 Å². The molecule has 1 aliphatic carbocycles. The number of nitrogens with one attached hydrogen (secondary N) is 1. The second-order valence-electron chi connectivity index (χ2n) is 6.42. The van der Waals surface area contributed by atoms with Crippen molar-refractivity contribution in [2.24, 2.45) is 5.92 Å². The number of hydrogen-bond acceptors (Lipinski definition) is 5. The fourth-order valence-corrected chi connectivity index (χ4v) is 3.00. The zero-order chi connectivity index (χ0) is 18.3. The maximum atomic E-state index is 13.0. The van der Waals surface area contributed by atoms with E-state index in [1.54, 1.807) is 24.7 Å². The summed E-state index contributed by atoms with van der Waals surface area (Å²) in [5.74, 6) is -0.167. The molecule has 3 aromatic heterocycles. The van der Waals surface area contributed by atoms with E-state index in [4.69, 9.17) is 5.73 Å². The highest BCUT2D eigenvalue weighted by Crippen LogP contribution is 2.35. The summed E-state index contributed by atoms with van der Waals surface area (Å²) >= 11 is 0. The molecule has 0 unspecified atom stereocenters. The molecule has 0 aliphatic heterocycles. The minimum atomic E-state index is -1.04. The Hall–Kier alpha value is -3.09. The monoisotopic (exact) mass is 351 g/mol. The lowest BCUT2D eigenvalue weighted by Gasteiger charge is -2.10. The van der Waals surface area contributed by atoms with Crippen molar-refractivity contribution in [3.8, 4) is 11.3 Å². The Labute approximate surface area is 149 Å². The molecule has 1 fully saturated rings. The maximum absolute atomic E-state index is 13.0. The summed E-state index contributed by atoms with van der Waals surface area (Å²) in [6.07, 6.45) is 5.17. The van der Waals surface area contributed by atoms with Gasteiger partial charge in [0, 0.05) is 29.5 Å². The van der Waals surface area contributed by atoms with Gasteiger partial charge in [0.05, 0.1) is 11.6 Å². The molecule has 3 N–H and O–H groups in total. The summed E-state index contributed by atoms with van der Waals surface area (Å²) in [5.41, 5.74) is 8.86. The van der Waals surface area contributed by atoms with Gasteiger partial charge in [0.2, 0.25) is 5.91 Å². The molecule has 0 bridgehead atoms. The first-order valence-electron chi connectivity index (χ1n) is 8.51. The standard InChI is InChI=1S/C19H18FN5O/c1-2-10-3-4-22-8-13(10)16-5-11-6-17(23-9-14(11)18(21)24-16)25-19(26)12-7-15(12)20/h3-6,8-9,12,15H,2,7H2,1H3,(H2,21,24)(H,23,25,26)/t12-,15+/m1/s1. The Morgan fingerprint density at radius 1 is 1.38 bits per heavy atom. The summed E-state index contributed by atoms with van der Waals surface area (Å²) in [6.45, 7) is 2.07. The van der Waals surface area contributed by atoms with Crippen molar-refractivity contribution in [2.75, 3.05) is 11.1 Å². The van der Waals surface area contributed by atoms with Crippen LogP contribution in [0, 0.1) is 5.92 Å². The second-order valence-corrected chi connectivity index (χ2v) is 6.42. The lowest BCUT2D eigenvalue weighted by molar-refractivity contribution is -0.117. The molecule has 1 amide bonds. The molecule has 0 saturated heterocycles. The third-order valence-electron chi connectivity index (χ3n) is 4.61. The number of alkyl halides is 1. The summed E-state index contributed by atoms with van der Waals surface area (Å²) in [7, 11) is 0. The molecule has 1 aliphatic rings. The van der Waals surface area contributed by atoms with E-state index in [9.17, 15) is 9.18 Å². The zero-order valence-corrected chi connectivity index (χ0v) is 14.2. The molecule has 0 aromatic carbocycles. The number of pyridine rings is 3. The van der Waals surface area contributed by atoms with E-state index < -0.39 is 12.1 Å². The normalized spacial score (nSPS) is 18.7. The number of hydrogen-bond donors (Lipinski definition) is 2. The van der Waals surface area contributed by atoms with Gasteiger partial charge in [-0.25, -0.2) is 14.4 Å². The lowest BCUT2D eigenvalue weighted by Crippen LogP contribution is -2.15. The number of nitrogen functional groups attached to an aromatic ring is 1. The fraction of sp³-hybridized carbons (Fsp3) is 0.263. The first kappa shape index (κ1) is 16.4. The second kappa shape index (κ2) is 6.33. The van der Waals surface area contributed by atoms with Crippen LogP contribution in [0.25, 0.3) is 22.0 Å². The predicted molar refractivity (Wildman–Crippen MR) is 98.2 cm³/mol. The van der Waals surface area contributed by atoms with Gasteiger partial charge in [0.25, 0.3) is 0 Å². The molecule has 0 spiro atoms. The first-order chi connectivity index (χ1) is 12.6. The van der Waals surface area contributed by atoms with Crippen LogP contribution in [-0.2, 0) is 11.2 Å². The molecule has 7 heteroatoms. The number of aryl methyl sites for hydroxylation is 1. The van der Waals surface area contributed by atoms with Crippen LogP contribution in [-0.4, -0.2) is 27.0 Å². The van der Waals surface area contributed by atoms with Crippen molar-refractivity contribution < 1.29 is 9.18 Å². The number of aromatic nitrogens is 3. The van der Waals surface area contributed by atoms with Crippen molar-refractivity contribution in [3.63, 3.8) is 0 Å². The molecule has 3 aromatic rings.